The van der Waals surface area contributed by atoms with Crippen molar-refractivity contribution in [3.8, 4) is 0 Å². The molecule has 9 heteroatoms. The second-order valence-corrected chi connectivity index (χ2v) is 7.17. The van der Waals surface area contributed by atoms with Crippen LogP contribution in [0.5, 0.6) is 0 Å². The van der Waals surface area contributed by atoms with E-state index in [1.807, 2.05) is 0 Å². The van der Waals surface area contributed by atoms with E-state index >= 15 is 0 Å². The van der Waals surface area contributed by atoms with Crippen molar-refractivity contribution in [3.05, 3.63) is 40.5 Å². The first-order valence-corrected chi connectivity index (χ1v) is 8.00. The van der Waals surface area contributed by atoms with Crippen LogP contribution in [0.1, 0.15) is 4.88 Å². The summed E-state index contributed by atoms with van der Waals surface area (Å²) in [6, 6.07) is 5.86. The van der Waals surface area contributed by atoms with E-state index in [1.54, 1.807) is 6.07 Å². The fourth-order valence-electron chi connectivity index (χ4n) is 1.40. The topological polar surface area (TPSA) is 96.4 Å². The number of nitrogens with one attached hydrogen (secondary N) is 1. The van der Waals surface area contributed by atoms with Crippen molar-refractivity contribution in [2.75, 3.05) is 4.72 Å². The maximum absolute atomic E-state index is 12.1. The highest BCUT2D eigenvalue weighted by Crippen LogP contribution is 2.26. The lowest BCUT2D eigenvalue weighted by atomic mass is 10.3. The van der Waals surface area contributed by atoms with Crippen LogP contribution in [-0.4, -0.2) is 24.5 Å². The first-order valence-electron chi connectivity index (χ1n) is 5.32. The van der Waals surface area contributed by atoms with E-state index in [1.165, 1.54) is 24.4 Å². The van der Waals surface area contributed by atoms with Crippen molar-refractivity contribution in [1.29, 1.82) is 0 Å². The Labute approximate surface area is 124 Å². The van der Waals surface area contributed by atoms with Gasteiger partial charge in [0.2, 0.25) is 0 Å². The predicted octanol–water partition coefficient (Wildman–Crippen LogP) is 2.22. The van der Waals surface area contributed by atoms with Gasteiger partial charge < -0.3 is 5.11 Å². The third-order valence-corrected chi connectivity index (χ3v) is 5.47. The lowest BCUT2D eigenvalue weighted by molar-refractivity contribution is -0.136. The van der Waals surface area contributed by atoms with E-state index in [4.69, 9.17) is 16.7 Å². The second-order valence-electron chi connectivity index (χ2n) is 3.74. The van der Waals surface area contributed by atoms with Gasteiger partial charge in [-0.3, -0.25) is 9.52 Å². The van der Waals surface area contributed by atoms with Crippen molar-refractivity contribution in [2.24, 2.45) is 0 Å². The van der Waals surface area contributed by atoms with E-state index in [2.05, 4.69) is 9.71 Å². The Morgan fingerprint density at radius 1 is 1.40 bits per heavy atom. The number of sulfonamides is 1. The summed E-state index contributed by atoms with van der Waals surface area (Å²) in [6.07, 6.45) is 1.23. The van der Waals surface area contributed by atoms with Gasteiger partial charge in [0.05, 0.1) is 12.1 Å². The SMILES string of the molecule is O=C(O)Cc1ccc(S(=O)(=O)Nc2cccnc2Cl)s1. The number of hydrogen-bond acceptors (Lipinski definition) is 5. The highest BCUT2D eigenvalue weighted by atomic mass is 35.5. The van der Waals surface area contributed by atoms with Crippen LogP contribution in [0, 0.1) is 0 Å². The Hall–Kier alpha value is -1.64. The van der Waals surface area contributed by atoms with Crippen LogP contribution in [0.2, 0.25) is 5.15 Å². The van der Waals surface area contributed by atoms with Crippen LogP contribution in [0.4, 0.5) is 5.69 Å². The number of nitrogens with zero attached hydrogens (tertiary/aromatic N) is 1. The Morgan fingerprint density at radius 2 is 2.15 bits per heavy atom. The molecule has 0 saturated heterocycles. The van der Waals surface area contributed by atoms with Gasteiger partial charge in [0.15, 0.2) is 5.15 Å². The van der Waals surface area contributed by atoms with Crippen LogP contribution in [0.3, 0.4) is 0 Å². The Bertz CT molecular complexity index is 742. The molecule has 0 spiro atoms. The normalized spacial score (nSPS) is 11.2. The summed E-state index contributed by atoms with van der Waals surface area (Å²) in [5.41, 5.74) is 0.169. The summed E-state index contributed by atoms with van der Waals surface area (Å²) in [4.78, 5) is 14.8. The molecule has 0 aliphatic carbocycles. The number of aliphatic carboxylic acids is 1. The molecule has 0 bridgehead atoms. The van der Waals surface area contributed by atoms with E-state index in [-0.39, 0.29) is 21.5 Å². The summed E-state index contributed by atoms with van der Waals surface area (Å²) < 4.78 is 26.6. The molecule has 0 aliphatic heterocycles. The number of carbonyl (C=O) groups is 1. The molecule has 2 aromatic rings. The van der Waals surface area contributed by atoms with Crippen molar-refractivity contribution in [1.82, 2.24) is 4.98 Å². The fraction of sp³-hybridized carbons (Fsp3) is 0.0909. The Balaban J connectivity index is 2.25. The van der Waals surface area contributed by atoms with E-state index in [0.29, 0.717) is 4.88 Å². The standard InChI is InChI=1S/C11H9ClN2O4S2/c12-11-8(2-1-5-13-11)14-20(17,18)10-4-3-7(19-10)6-9(15)16/h1-5,14H,6H2,(H,15,16). The average Bonchev–Trinajstić information content (AvgIpc) is 2.80. The smallest absolute Gasteiger partial charge is 0.308 e. The zero-order valence-corrected chi connectivity index (χ0v) is 12.3. The number of anilines is 1. The number of hydrogen-bond donors (Lipinski definition) is 2. The predicted molar refractivity (Wildman–Crippen MR) is 75.7 cm³/mol. The molecule has 106 valence electrons. The van der Waals surface area contributed by atoms with Crippen LogP contribution >= 0.6 is 22.9 Å². The second kappa shape index (κ2) is 5.78. The van der Waals surface area contributed by atoms with Gasteiger partial charge in [0.25, 0.3) is 10.0 Å². The zero-order valence-electron chi connectivity index (χ0n) is 9.91. The van der Waals surface area contributed by atoms with Gasteiger partial charge in [0, 0.05) is 11.1 Å². The van der Waals surface area contributed by atoms with E-state index in [0.717, 1.165) is 11.3 Å². The largest absolute Gasteiger partial charge is 0.481 e. The number of carboxylic acid groups (broad SMARTS) is 1. The summed E-state index contributed by atoms with van der Waals surface area (Å²) in [5.74, 6) is -1.01. The monoisotopic (exact) mass is 332 g/mol. The highest BCUT2D eigenvalue weighted by Gasteiger charge is 2.19. The molecule has 2 rings (SSSR count). The number of thiophene rings is 1. The lowest BCUT2D eigenvalue weighted by Crippen LogP contribution is -2.12. The van der Waals surface area contributed by atoms with Gasteiger partial charge in [-0.25, -0.2) is 13.4 Å². The molecular weight excluding hydrogens is 324 g/mol. The van der Waals surface area contributed by atoms with Gasteiger partial charge in [-0.15, -0.1) is 11.3 Å². The quantitative estimate of drug-likeness (QED) is 0.818. The highest BCUT2D eigenvalue weighted by molar-refractivity contribution is 7.94. The van der Waals surface area contributed by atoms with Crippen LogP contribution in [0.25, 0.3) is 0 Å². The summed E-state index contributed by atoms with van der Waals surface area (Å²) in [7, 11) is -3.80. The molecule has 0 atom stereocenters. The molecule has 2 N–H and O–H groups in total. The van der Waals surface area contributed by atoms with E-state index < -0.39 is 16.0 Å². The fourth-order valence-corrected chi connectivity index (χ4v) is 4.04. The van der Waals surface area contributed by atoms with Crippen LogP contribution in [0.15, 0.2) is 34.7 Å². The molecule has 6 nitrogen and oxygen atoms in total. The molecule has 0 amide bonds. The number of aromatic nitrogens is 1. The van der Waals surface area contributed by atoms with Gasteiger partial charge >= 0.3 is 5.97 Å². The average molecular weight is 333 g/mol. The maximum Gasteiger partial charge on any atom is 0.308 e. The molecule has 0 radical (unpaired) electrons. The zero-order chi connectivity index (χ0) is 14.8. The first-order chi connectivity index (χ1) is 9.38. The molecule has 0 saturated carbocycles. The minimum Gasteiger partial charge on any atom is -0.481 e. The summed E-state index contributed by atoms with van der Waals surface area (Å²) in [5, 5.41) is 8.71. The first kappa shape index (κ1) is 14.8. The molecule has 20 heavy (non-hydrogen) atoms. The molecule has 2 aromatic heterocycles. The molecule has 0 aromatic carbocycles. The number of carboxylic acids is 1. The Morgan fingerprint density at radius 3 is 2.80 bits per heavy atom. The van der Waals surface area contributed by atoms with Crippen LogP contribution in [-0.2, 0) is 21.2 Å². The summed E-state index contributed by atoms with van der Waals surface area (Å²) >= 11 is 6.68. The van der Waals surface area contributed by atoms with Gasteiger partial charge in [-0.2, -0.15) is 0 Å². The van der Waals surface area contributed by atoms with Crippen molar-refractivity contribution >= 4 is 44.6 Å². The minimum absolute atomic E-state index is 0.0219. The number of rotatable bonds is 5. The molecule has 2 heterocycles. The van der Waals surface area contributed by atoms with E-state index in [9.17, 15) is 13.2 Å². The van der Waals surface area contributed by atoms with Gasteiger partial charge in [-0.1, -0.05) is 11.6 Å². The minimum atomic E-state index is -3.80. The number of pyridine rings is 1. The van der Waals surface area contributed by atoms with Crippen molar-refractivity contribution < 1.29 is 18.3 Å². The lowest BCUT2D eigenvalue weighted by Gasteiger charge is -2.06. The van der Waals surface area contributed by atoms with Crippen molar-refractivity contribution in [2.45, 2.75) is 10.6 Å². The maximum atomic E-state index is 12.1. The van der Waals surface area contributed by atoms with Crippen molar-refractivity contribution in [3.63, 3.8) is 0 Å². The van der Waals surface area contributed by atoms with Crippen LogP contribution < -0.4 is 4.72 Å². The molecule has 0 fully saturated rings. The molecule has 0 aliphatic rings. The third kappa shape index (κ3) is 3.47. The third-order valence-electron chi connectivity index (χ3n) is 2.23. The van der Waals surface area contributed by atoms with Gasteiger partial charge in [-0.05, 0) is 24.3 Å². The van der Waals surface area contributed by atoms with Gasteiger partial charge in [0.1, 0.15) is 4.21 Å². The number of halogens is 1. The summed E-state index contributed by atoms with van der Waals surface area (Å²) in [6.45, 7) is 0. The molecular formula is C11H9ClN2O4S2. The molecule has 0 unspecified atom stereocenters. The Kier molecular flexibility index (Phi) is 4.26.